The van der Waals surface area contributed by atoms with Crippen LogP contribution in [0.3, 0.4) is 0 Å². The van der Waals surface area contributed by atoms with Crippen molar-refractivity contribution in [1.82, 2.24) is 0 Å². The van der Waals surface area contributed by atoms with Gasteiger partial charge in [0.15, 0.2) is 0 Å². The zero-order valence-electron chi connectivity index (χ0n) is 11.2. The Morgan fingerprint density at radius 2 is 1.37 bits per heavy atom. The van der Waals surface area contributed by atoms with Crippen LogP contribution in [-0.2, 0) is 0 Å². The van der Waals surface area contributed by atoms with Gasteiger partial charge in [0.25, 0.3) is 0 Å². The number of rotatable bonds is 5. The average Bonchev–Trinajstić information content (AvgIpc) is 2.49. The first-order valence-electron chi connectivity index (χ1n) is 6.77. The molecule has 2 rings (SSSR count). The van der Waals surface area contributed by atoms with Crippen molar-refractivity contribution >= 4 is 0 Å². The van der Waals surface area contributed by atoms with Crippen molar-refractivity contribution in [2.45, 2.75) is 25.5 Å². The molecule has 0 heterocycles. The van der Waals surface area contributed by atoms with Gasteiger partial charge in [-0.3, -0.25) is 0 Å². The molecule has 0 aliphatic carbocycles. The number of aliphatic hydroxyl groups excluding tert-OH is 1. The number of hydrogen-bond acceptors (Lipinski definition) is 2. The van der Waals surface area contributed by atoms with Crippen molar-refractivity contribution in [3.63, 3.8) is 0 Å². The highest BCUT2D eigenvalue weighted by atomic mass is 16.3. The first kappa shape index (κ1) is 13.8. The second-order valence-electron chi connectivity index (χ2n) is 4.86. The molecule has 2 heteroatoms. The Labute approximate surface area is 114 Å². The van der Waals surface area contributed by atoms with E-state index in [9.17, 15) is 5.11 Å². The Bertz CT molecular complexity index is 438. The van der Waals surface area contributed by atoms with Gasteiger partial charge in [0.05, 0.1) is 6.10 Å². The smallest absolute Gasteiger partial charge is 0.0836 e. The fraction of sp³-hybridized carbons (Fsp3) is 0.294. The van der Waals surface area contributed by atoms with Crippen molar-refractivity contribution in [2.24, 2.45) is 11.7 Å². The van der Waals surface area contributed by atoms with E-state index in [2.05, 4.69) is 6.92 Å². The highest BCUT2D eigenvalue weighted by molar-refractivity contribution is 5.23. The van der Waals surface area contributed by atoms with Gasteiger partial charge in [-0.25, -0.2) is 0 Å². The Morgan fingerprint density at radius 3 is 1.84 bits per heavy atom. The van der Waals surface area contributed by atoms with Crippen molar-refractivity contribution in [3.8, 4) is 0 Å². The van der Waals surface area contributed by atoms with E-state index in [-0.39, 0.29) is 12.0 Å². The van der Waals surface area contributed by atoms with Gasteiger partial charge in [0.1, 0.15) is 0 Å². The maximum Gasteiger partial charge on any atom is 0.0836 e. The summed E-state index contributed by atoms with van der Waals surface area (Å²) in [6.07, 6.45) is 0.313. The molecule has 0 radical (unpaired) electrons. The number of benzene rings is 2. The Morgan fingerprint density at radius 1 is 0.895 bits per heavy atom. The maximum absolute atomic E-state index is 10.5. The number of aliphatic hydroxyl groups is 1. The summed E-state index contributed by atoms with van der Waals surface area (Å²) in [4.78, 5) is 0. The molecule has 0 fully saturated rings. The molecule has 0 saturated heterocycles. The molecule has 100 valence electrons. The van der Waals surface area contributed by atoms with Gasteiger partial charge in [0, 0.05) is 12.0 Å². The lowest BCUT2D eigenvalue weighted by molar-refractivity contribution is 0.0898. The highest BCUT2D eigenvalue weighted by Gasteiger charge is 2.26. The molecule has 0 aromatic heterocycles. The third kappa shape index (κ3) is 3.22. The van der Waals surface area contributed by atoms with E-state index in [4.69, 9.17) is 5.73 Å². The predicted octanol–water partition coefficient (Wildman–Crippen LogP) is 3.45. The summed E-state index contributed by atoms with van der Waals surface area (Å²) >= 11 is 0. The van der Waals surface area contributed by atoms with Crippen molar-refractivity contribution in [3.05, 3.63) is 71.8 Å². The fourth-order valence-electron chi connectivity index (χ4n) is 2.49. The fourth-order valence-corrected chi connectivity index (χ4v) is 2.49. The summed E-state index contributed by atoms with van der Waals surface area (Å²) in [6.45, 7) is 2.07. The number of hydrogen-bond donors (Lipinski definition) is 2. The lowest BCUT2D eigenvalue weighted by Gasteiger charge is -2.28. The predicted molar refractivity (Wildman–Crippen MR) is 78.6 cm³/mol. The molecular weight excluding hydrogens is 234 g/mol. The van der Waals surface area contributed by atoms with E-state index in [0.717, 1.165) is 17.5 Å². The molecule has 0 saturated carbocycles. The quantitative estimate of drug-likeness (QED) is 0.859. The van der Waals surface area contributed by atoms with Crippen LogP contribution in [-0.4, -0.2) is 5.11 Å². The van der Waals surface area contributed by atoms with Crippen LogP contribution in [0.5, 0.6) is 0 Å². The van der Waals surface area contributed by atoms with E-state index in [1.54, 1.807) is 0 Å². The zero-order chi connectivity index (χ0) is 13.7. The summed E-state index contributed by atoms with van der Waals surface area (Å²) in [6, 6.07) is 19.6. The van der Waals surface area contributed by atoms with Crippen LogP contribution in [0, 0.1) is 5.92 Å². The first-order chi connectivity index (χ1) is 9.24. The second kappa shape index (κ2) is 6.50. The Balaban J connectivity index is 2.20. The van der Waals surface area contributed by atoms with Gasteiger partial charge in [-0.2, -0.15) is 0 Å². The minimum absolute atomic E-state index is 0.0183. The lowest BCUT2D eigenvalue weighted by atomic mass is 9.84. The first-order valence-corrected chi connectivity index (χ1v) is 6.77. The molecule has 0 unspecified atom stereocenters. The highest BCUT2D eigenvalue weighted by Crippen LogP contribution is 2.33. The summed E-state index contributed by atoms with van der Waals surface area (Å²) in [7, 11) is 0. The Kier molecular flexibility index (Phi) is 4.72. The molecule has 3 atom stereocenters. The zero-order valence-corrected chi connectivity index (χ0v) is 11.2. The minimum atomic E-state index is -0.526. The summed E-state index contributed by atoms with van der Waals surface area (Å²) < 4.78 is 0. The van der Waals surface area contributed by atoms with E-state index in [1.165, 1.54) is 0 Å². The van der Waals surface area contributed by atoms with Gasteiger partial charge >= 0.3 is 0 Å². The molecule has 0 aliphatic rings. The van der Waals surface area contributed by atoms with Crippen molar-refractivity contribution < 1.29 is 5.11 Å². The van der Waals surface area contributed by atoms with Gasteiger partial charge in [0.2, 0.25) is 0 Å². The minimum Gasteiger partial charge on any atom is -0.388 e. The van der Waals surface area contributed by atoms with E-state index < -0.39 is 6.10 Å². The third-order valence-electron chi connectivity index (χ3n) is 3.66. The lowest BCUT2D eigenvalue weighted by Crippen LogP contribution is -2.26. The van der Waals surface area contributed by atoms with Crippen molar-refractivity contribution in [1.29, 1.82) is 0 Å². The number of nitrogens with two attached hydrogens (primary N) is 1. The largest absolute Gasteiger partial charge is 0.388 e. The Hall–Kier alpha value is -1.64. The molecule has 0 aliphatic heterocycles. The van der Waals surface area contributed by atoms with Gasteiger partial charge in [-0.1, -0.05) is 67.6 Å². The topological polar surface area (TPSA) is 46.2 Å². The van der Waals surface area contributed by atoms with Crippen LogP contribution in [0.2, 0.25) is 0 Å². The van der Waals surface area contributed by atoms with Crippen LogP contribution in [0.25, 0.3) is 0 Å². The molecule has 19 heavy (non-hydrogen) atoms. The standard InChI is InChI=1S/C17H21NO/c1-2-15(16(18)13-9-5-3-6-10-13)17(19)14-11-7-4-8-12-14/h3-12,15-17,19H,2,18H2,1H3/t15-,16+,17-/m0/s1. The van der Waals surface area contributed by atoms with Crippen molar-refractivity contribution in [2.75, 3.05) is 0 Å². The van der Waals surface area contributed by atoms with Crippen LogP contribution in [0.1, 0.15) is 36.6 Å². The SMILES string of the molecule is CC[C@@H]([C@H](N)c1ccccc1)[C@@H](O)c1ccccc1. The third-order valence-corrected chi connectivity index (χ3v) is 3.66. The van der Waals surface area contributed by atoms with Crippen LogP contribution >= 0.6 is 0 Å². The van der Waals surface area contributed by atoms with Crippen LogP contribution in [0.15, 0.2) is 60.7 Å². The van der Waals surface area contributed by atoms with Crippen LogP contribution < -0.4 is 5.73 Å². The van der Waals surface area contributed by atoms with E-state index in [0.29, 0.717) is 0 Å². The monoisotopic (exact) mass is 255 g/mol. The second-order valence-corrected chi connectivity index (χ2v) is 4.86. The molecule has 2 nitrogen and oxygen atoms in total. The maximum atomic E-state index is 10.5. The summed E-state index contributed by atoms with van der Waals surface area (Å²) in [5.41, 5.74) is 8.33. The normalized spacial score (nSPS) is 15.7. The van der Waals surface area contributed by atoms with E-state index >= 15 is 0 Å². The summed E-state index contributed by atoms with van der Waals surface area (Å²) in [5, 5.41) is 10.5. The van der Waals surface area contributed by atoms with Gasteiger partial charge in [-0.05, 0) is 17.5 Å². The molecule has 3 N–H and O–H groups in total. The molecular formula is C17H21NO. The van der Waals surface area contributed by atoms with Gasteiger partial charge < -0.3 is 10.8 Å². The summed E-state index contributed by atoms with van der Waals surface area (Å²) in [5.74, 6) is 0.0183. The molecule has 0 amide bonds. The molecule has 2 aromatic rings. The van der Waals surface area contributed by atoms with E-state index in [1.807, 2.05) is 60.7 Å². The molecule has 2 aromatic carbocycles. The average molecular weight is 255 g/mol. The van der Waals surface area contributed by atoms with Crippen LogP contribution in [0.4, 0.5) is 0 Å². The molecule has 0 bridgehead atoms. The van der Waals surface area contributed by atoms with Gasteiger partial charge in [-0.15, -0.1) is 0 Å². The molecule has 0 spiro atoms.